The van der Waals surface area contributed by atoms with Crippen molar-refractivity contribution in [3.63, 3.8) is 0 Å². The number of carbonyl (C=O) groups excluding carboxylic acids is 1. The van der Waals surface area contributed by atoms with Gasteiger partial charge in [0.1, 0.15) is 5.75 Å². The van der Waals surface area contributed by atoms with Gasteiger partial charge in [-0.15, -0.1) is 5.10 Å². The average molecular weight is 506 g/mol. The molecule has 186 valence electrons. The van der Waals surface area contributed by atoms with E-state index in [0.29, 0.717) is 46.1 Å². The van der Waals surface area contributed by atoms with Crippen LogP contribution in [-0.2, 0) is 0 Å². The first-order valence-electron chi connectivity index (χ1n) is 11.9. The normalized spacial score (nSPS) is 13.6. The molecular formula is C27H28ClN5O3. The van der Waals surface area contributed by atoms with Gasteiger partial charge in [0.15, 0.2) is 5.65 Å². The quantitative estimate of drug-likeness (QED) is 0.303. The van der Waals surface area contributed by atoms with E-state index in [0.717, 1.165) is 29.7 Å². The number of halogens is 1. The van der Waals surface area contributed by atoms with Crippen LogP contribution in [0.5, 0.6) is 11.6 Å². The van der Waals surface area contributed by atoms with E-state index in [1.165, 1.54) is 0 Å². The summed E-state index contributed by atoms with van der Waals surface area (Å²) in [5.74, 6) is 0.832. The van der Waals surface area contributed by atoms with Crippen LogP contribution in [0.3, 0.4) is 0 Å². The van der Waals surface area contributed by atoms with Crippen molar-refractivity contribution in [2.45, 2.75) is 45.3 Å². The van der Waals surface area contributed by atoms with Crippen LogP contribution >= 0.6 is 11.6 Å². The predicted octanol–water partition coefficient (Wildman–Crippen LogP) is 5.23. The van der Waals surface area contributed by atoms with Gasteiger partial charge in [-0.2, -0.15) is 0 Å². The number of fused-ring (bicyclic) bond motifs is 1. The lowest BCUT2D eigenvalue weighted by Crippen LogP contribution is -2.29. The Balaban J connectivity index is 1.54. The van der Waals surface area contributed by atoms with Crippen LogP contribution in [0.2, 0.25) is 5.02 Å². The highest BCUT2D eigenvalue weighted by molar-refractivity contribution is 6.30. The van der Waals surface area contributed by atoms with Crippen molar-refractivity contribution in [3.8, 4) is 22.9 Å². The molecule has 36 heavy (non-hydrogen) atoms. The first-order chi connectivity index (χ1) is 17.2. The number of aromatic nitrogens is 3. The van der Waals surface area contributed by atoms with Crippen LogP contribution < -0.4 is 15.4 Å². The lowest BCUT2D eigenvalue weighted by atomic mass is 10.0. The number of rotatable bonds is 8. The Morgan fingerprint density at radius 1 is 1.22 bits per heavy atom. The van der Waals surface area contributed by atoms with E-state index >= 15 is 0 Å². The molecular weight excluding hydrogens is 478 g/mol. The second-order valence-corrected chi connectivity index (χ2v) is 10.2. The lowest BCUT2D eigenvalue weighted by molar-refractivity contribution is 0.0940. The third-order valence-corrected chi connectivity index (χ3v) is 6.09. The molecule has 0 unspecified atom stereocenters. The van der Waals surface area contributed by atoms with Crippen LogP contribution in [0, 0.1) is 6.92 Å². The molecule has 5 rings (SSSR count). The summed E-state index contributed by atoms with van der Waals surface area (Å²) in [5.41, 5.74) is 3.44. The van der Waals surface area contributed by atoms with Crippen molar-refractivity contribution in [1.82, 2.24) is 19.9 Å². The number of anilines is 1. The minimum absolute atomic E-state index is 0.0480. The zero-order valence-corrected chi connectivity index (χ0v) is 21.1. The number of aliphatic hydroxyl groups is 1. The van der Waals surface area contributed by atoms with Crippen LogP contribution in [0.25, 0.3) is 16.9 Å². The van der Waals surface area contributed by atoms with Crippen LogP contribution in [0.1, 0.15) is 42.6 Å². The Morgan fingerprint density at radius 3 is 2.72 bits per heavy atom. The molecule has 9 heteroatoms. The molecule has 1 fully saturated rings. The summed E-state index contributed by atoms with van der Waals surface area (Å²) >= 11 is 6.12. The molecule has 0 bridgehead atoms. The van der Waals surface area contributed by atoms with Crippen molar-refractivity contribution < 1.29 is 14.6 Å². The summed E-state index contributed by atoms with van der Waals surface area (Å²) in [5, 5.41) is 21.8. The lowest BCUT2D eigenvalue weighted by Gasteiger charge is -2.19. The van der Waals surface area contributed by atoms with Crippen molar-refractivity contribution in [2.24, 2.45) is 0 Å². The molecule has 3 N–H and O–H groups in total. The number of nitrogens with zero attached hydrogens (tertiary/aromatic N) is 3. The number of benzene rings is 2. The minimum Gasteiger partial charge on any atom is -0.437 e. The highest BCUT2D eigenvalue weighted by Gasteiger charge is 2.25. The zero-order valence-electron chi connectivity index (χ0n) is 20.4. The van der Waals surface area contributed by atoms with E-state index in [-0.39, 0.29) is 5.91 Å². The van der Waals surface area contributed by atoms with Crippen LogP contribution in [0.4, 0.5) is 5.69 Å². The number of aryl methyl sites for hydroxylation is 1. The SMILES string of the molecule is Cc1cc(-c2cnc3c(NCC(C)(C)O)cc(Oc4cccc(Cl)c4)nn23)ccc1C(=O)NC1CC1. The Hall–Kier alpha value is -3.62. The Morgan fingerprint density at radius 2 is 2.03 bits per heavy atom. The first-order valence-corrected chi connectivity index (χ1v) is 12.2. The monoisotopic (exact) mass is 505 g/mol. The zero-order chi connectivity index (χ0) is 25.4. The van der Waals surface area contributed by atoms with Gasteiger partial charge in [-0.1, -0.05) is 23.7 Å². The average Bonchev–Trinajstić information content (AvgIpc) is 3.52. The standard InChI is InChI=1S/C27H28ClN5O3/c1-16-11-17(7-10-21(16)26(34)31-19-8-9-19)23-14-29-25-22(30-15-27(2,3)35)13-24(32-33(23)25)36-20-6-4-5-18(28)12-20/h4-7,10-14,19,30,35H,8-9,15H2,1-3H3,(H,31,34). The van der Waals surface area contributed by atoms with Crippen molar-refractivity contribution in [2.75, 3.05) is 11.9 Å². The molecule has 2 heterocycles. The van der Waals surface area contributed by atoms with Crippen molar-refractivity contribution in [1.29, 1.82) is 0 Å². The van der Waals surface area contributed by atoms with Crippen molar-refractivity contribution >= 4 is 28.8 Å². The van der Waals surface area contributed by atoms with Gasteiger partial charge in [0.25, 0.3) is 5.91 Å². The summed E-state index contributed by atoms with van der Waals surface area (Å²) < 4.78 is 7.72. The molecule has 0 spiro atoms. The number of carbonyl (C=O) groups is 1. The smallest absolute Gasteiger partial charge is 0.251 e. The van der Waals surface area contributed by atoms with Crippen LogP contribution in [-0.4, -0.2) is 43.8 Å². The highest BCUT2D eigenvalue weighted by atomic mass is 35.5. The van der Waals surface area contributed by atoms with E-state index in [2.05, 4.69) is 20.7 Å². The first kappa shape index (κ1) is 24.1. The molecule has 0 atom stereocenters. The van der Waals surface area contributed by atoms with E-state index in [1.54, 1.807) is 54.9 Å². The van der Waals surface area contributed by atoms with Gasteiger partial charge in [-0.05, 0) is 69.5 Å². The fraction of sp³-hybridized carbons (Fsp3) is 0.296. The third kappa shape index (κ3) is 5.45. The van der Waals surface area contributed by atoms with Gasteiger partial charge >= 0.3 is 0 Å². The number of hydrogen-bond acceptors (Lipinski definition) is 6. The largest absolute Gasteiger partial charge is 0.437 e. The molecule has 2 aromatic heterocycles. The van der Waals surface area contributed by atoms with E-state index in [9.17, 15) is 9.90 Å². The highest BCUT2D eigenvalue weighted by Crippen LogP contribution is 2.31. The Labute approximate surface area is 214 Å². The summed E-state index contributed by atoms with van der Waals surface area (Å²) in [4.78, 5) is 17.2. The van der Waals surface area contributed by atoms with E-state index in [4.69, 9.17) is 16.3 Å². The van der Waals surface area contributed by atoms with E-state index in [1.807, 2.05) is 25.1 Å². The van der Waals surface area contributed by atoms with Gasteiger partial charge < -0.3 is 20.5 Å². The summed E-state index contributed by atoms with van der Waals surface area (Å²) in [6.07, 6.45) is 3.82. The fourth-order valence-electron chi connectivity index (χ4n) is 3.85. The van der Waals surface area contributed by atoms with Gasteiger partial charge in [0.2, 0.25) is 5.88 Å². The molecule has 8 nitrogen and oxygen atoms in total. The third-order valence-electron chi connectivity index (χ3n) is 5.85. The molecule has 1 saturated carbocycles. The fourth-order valence-corrected chi connectivity index (χ4v) is 4.03. The van der Waals surface area contributed by atoms with Crippen LogP contribution in [0.15, 0.2) is 54.7 Å². The van der Waals surface area contributed by atoms with E-state index < -0.39 is 5.60 Å². The van der Waals surface area contributed by atoms with Crippen molar-refractivity contribution in [3.05, 3.63) is 70.9 Å². The molecule has 0 saturated heterocycles. The topological polar surface area (TPSA) is 101 Å². The number of hydrogen-bond donors (Lipinski definition) is 3. The summed E-state index contributed by atoms with van der Waals surface area (Å²) in [6, 6.07) is 14.8. The van der Waals surface area contributed by atoms with Gasteiger partial charge in [-0.25, -0.2) is 9.50 Å². The molecule has 1 amide bonds. The molecule has 1 aliphatic carbocycles. The minimum atomic E-state index is -0.933. The maximum Gasteiger partial charge on any atom is 0.251 e. The maximum absolute atomic E-state index is 12.6. The number of ether oxygens (including phenoxy) is 1. The van der Waals surface area contributed by atoms with Gasteiger partial charge in [-0.3, -0.25) is 4.79 Å². The molecule has 1 aliphatic rings. The number of nitrogens with one attached hydrogen (secondary N) is 2. The second kappa shape index (κ2) is 9.44. The number of amides is 1. The second-order valence-electron chi connectivity index (χ2n) is 9.78. The molecule has 4 aromatic rings. The van der Waals surface area contributed by atoms with Gasteiger partial charge in [0, 0.05) is 34.8 Å². The molecule has 2 aromatic carbocycles. The summed E-state index contributed by atoms with van der Waals surface area (Å²) in [7, 11) is 0. The summed E-state index contributed by atoms with van der Waals surface area (Å²) in [6.45, 7) is 5.67. The Kier molecular flexibility index (Phi) is 6.32. The predicted molar refractivity (Wildman–Crippen MR) is 140 cm³/mol. The maximum atomic E-state index is 12.6. The molecule has 0 radical (unpaired) electrons. The van der Waals surface area contributed by atoms with Gasteiger partial charge in [0.05, 0.1) is 23.2 Å². The number of imidazole rings is 1. The Bertz CT molecular complexity index is 1440. The molecule has 0 aliphatic heterocycles.